The van der Waals surface area contributed by atoms with Gasteiger partial charge in [-0.2, -0.15) is 4.99 Å². The first-order chi connectivity index (χ1) is 17.2. The van der Waals surface area contributed by atoms with Gasteiger partial charge in [0.25, 0.3) is 0 Å². The van der Waals surface area contributed by atoms with E-state index < -0.39 is 0 Å². The first kappa shape index (κ1) is 22.6. The van der Waals surface area contributed by atoms with Gasteiger partial charge < -0.3 is 16.4 Å². The molecular formula is C25H19BrN8S. The Bertz CT molecular complexity index is 1470. The van der Waals surface area contributed by atoms with Crippen molar-refractivity contribution in [1.29, 1.82) is 0 Å². The summed E-state index contributed by atoms with van der Waals surface area (Å²) in [4.78, 5) is 14.4. The average Bonchev–Trinajstić information content (AvgIpc) is 3.32. The van der Waals surface area contributed by atoms with Crippen LogP contribution in [0.2, 0.25) is 0 Å². The number of nitrogens with one attached hydrogen (secondary N) is 2. The van der Waals surface area contributed by atoms with E-state index in [1.54, 1.807) is 23.6 Å². The second-order valence-electron chi connectivity index (χ2n) is 7.30. The molecule has 0 aliphatic rings. The zero-order valence-electron chi connectivity index (χ0n) is 18.3. The number of para-hydroxylation sites is 2. The number of hydrogen-bond acceptors (Lipinski definition) is 7. The van der Waals surface area contributed by atoms with Crippen molar-refractivity contribution in [2.75, 3.05) is 10.6 Å². The van der Waals surface area contributed by atoms with E-state index in [4.69, 9.17) is 5.73 Å². The Hall–Kier alpha value is -4.15. The zero-order chi connectivity index (χ0) is 24.0. The Balaban J connectivity index is 1.32. The molecule has 35 heavy (non-hydrogen) atoms. The van der Waals surface area contributed by atoms with Crippen molar-refractivity contribution in [3.8, 4) is 21.8 Å². The summed E-state index contributed by atoms with van der Waals surface area (Å²) in [6.45, 7) is 0. The molecule has 4 N–H and O–H groups in total. The van der Waals surface area contributed by atoms with E-state index in [9.17, 15) is 0 Å². The van der Waals surface area contributed by atoms with Crippen LogP contribution in [0, 0.1) is 0 Å². The van der Waals surface area contributed by atoms with E-state index in [0.29, 0.717) is 17.5 Å². The van der Waals surface area contributed by atoms with Crippen LogP contribution in [0.5, 0.6) is 0 Å². The maximum Gasteiger partial charge on any atom is 0.227 e. The van der Waals surface area contributed by atoms with E-state index in [1.807, 2.05) is 78.2 Å². The van der Waals surface area contributed by atoms with Gasteiger partial charge in [-0.25, -0.2) is 9.97 Å². The standard InChI is InChI=1S/C25H19BrN8S/c26-17-13-15-35-23(17)21-12-14-28-25(31-21)30-20-9-5-4-8-19(20)29-24(27)32-22-11-10-18(33-34-22)16-6-2-1-3-7-16/h1-15H,(H,28,30,31)(H3,27,29,32,34). The molecule has 0 fully saturated rings. The monoisotopic (exact) mass is 542 g/mol. The van der Waals surface area contributed by atoms with Crippen LogP contribution in [0.25, 0.3) is 21.8 Å². The maximum absolute atomic E-state index is 6.16. The van der Waals surface area contributed by atoms with Crippen LogP contribution in [0.3, 0.4) is 0 Å². The van der Waals surface area contributed by atoms with Crippen molar-refractivity contribution in [2.24, 2.45) is 10.7 Å². The lowest BCUT2D eigenvalue weighted by Crippen LogP contribution is -2.22. The molecule has 0 saturated heterocycles. The number of halogens is 1. The Morgan fingerprint density at radius 1 is 0.857 bits per heavy atom. The summed E-state index contributed by atoms with van der Waals surface area (Å²) in [6.07, 6.45) is 1.72. The van der Waals surface area contributed by atoms with Crippen LogP contribution in [0.4, 0.5) is 23.1 Å². The normalized spacial score (nSPS) is 11.3. The lowest BCUT2D eigenvalue weighted by atomic mass is 10.1. The SMILES string of the molecule is NC(=Nc1ccc(-c2ccccc2)nn1)Nc1ccccc1Nc1nccc(-c2sccc2Br)n1. The fraction of sp³-hybridized carbons (Fsp3) is 0. The zero-order valence-corrected chi connectivity index (χ0v) is 20.7. The molecule has 0 amide bonds. The predicted molar refractivity (Wildman–Crippen MR) is 145 cm³/mol. The summed E-state index contributed by atoms with van der Waals surface area (Å²) < 4.78 is 0.998. The first-order valence-electron chi connectivity index (χ1n) is 10.6. The van der Waals surface area contributed by atoms with Crippen molar-refractivity contribution in [3.05, 3.63) is 94.9 Å². The molecule has 3 aromatic heterocycles. The molecular weight excluding hydrogens is 524 g/mol. The minimum absolute atomic E-state index is 0.179. The summed E-state index contributed by atoms with van der Waals surface area (Å²) in [5.74, 6) is 1.05. The molecule has 2 aromatic carbocycles. The summed E-state index contributed by atoms with van der Waals surface area (Å²) in [5, 5.41) is 16.8. The highest BCUT2D eigenvalue weighted by Crippen LogP contribution is 2.33. The van der Waals surface area contributed by atoms with E-state index in [1.165, 1.54) is 0 Å². The van der Waals surface area contributed by atoms with Crippen LogP contribution < -0.4 is 16.4 Å². The number of rotatable bonds is 6. The quantitative estimate of drug-likeness (QED) is 0.172. The molecule has 0 aliphatic carbocycles. The minimum atomic E-state index is 0.179. The molecule has 5 rings (SSSR count). The highest BCUT2D eigenvalue weighted by atomic mass is 79.9. The molecule has 0 atom stereocenters. The number of hydrogen-bond donors (Lipinski definition) is 3. The Morgan fingerprint density at radius 3 is 2.40 bits per heavy atom. The number of aliphatic imine (C=N–C) groups is 1. The first-order valence-corrected chi connectivity index (χ1v) is 12.3. The van der Waals surface area contributed by atoms with Crippen molar-refractivity contribution in [1.82, 2.24) is 20.2 Å². The molecule has 3 heterocycles. The van der Waals surface area contributed by atoms with Gasteiger partial charge in [0.15, 0.2) is 11.8 Å². The highest BCUT2D eigenvalue weighted by molar-refractivity contribution is 9.10. The van der Waals surface area contributed by atoms with Gasteiger partial charge in [0.2, 0.25) is 5.95 Å². The third-order valence-electron chi connectivity index (χ3n) is 4.90. The average molecular weight is 543 g/mol. The van der Waals surface area contributed by atoms with Gasteiger partial charge in [-0.15, -0.1) is 21.5 Å². The molecule has 10 heteroatoms. The number of aromatic nitrogens is 4. The Kier molecular flexibility index (Phi) is 6.73. The number of benzene rings is 2. The number of anilines is 3. The summed E-state index contributed by atoms with van der Waals surface area (Å²) in [6, 6.07) is 24.9. The molecule has 8 nitrogen and oxygen atoms in total. The van der Waals surface area contributed by atoms with Gasteiger partial charge in [0, 0.05) is 16.2 Å². The minimum Gasteiger partial charge on any atom is -0.369 e. The lowest BCUT2D eigenvalue weighted by Gasteiger charge is -2.13. The predicted octanol–water partition coefficient (Wildman–Crippen LogP) is 6.23. The molecule has 0 unspecified atom stereocenters. The Morgan fingerprint density at radius 2 is 1.66 bits per heavy atom. The van der Waals surface area contributed by atoms with E-state index in [0.717, 1.165) is 32.0 Å². The van der Waals surface area contributed by atoms with E-state index >= 15 is 0 Å². The van der Waals surface area contributed by atoms with Crippen molar-refractivity contribution in [3.63, 3.8) is 0 Å². The van der Waals surface area contributed by atoms with Crippen LogP contribution in [-0.4, -0.2) is 26.1 Å². The molecule has 172 valence electrons. The molecule has 0 aliphatic heterocycles. The number of nitrogens with zero attached hydrogens (tertiary/aromatic N) is 5. The van der Waals surface area contributed by atoms with Gasteiger partial charge in [-0.1, -0.05) is 42.5 Å². The topological polar surface area (TPSA) is 114 Å². The summed E-state index contributed by atoms with van der Waals surface area (Å²) in [5.41, 5.74) is 10.2. The molecule has 0 spiro atoms. The number of guanidine groups is 1. The van der Waals surface area contributed by atoms with Gasteiger partial charge in [-0.3, -0.25) is 0 Å². The fourth-order valence-corrected chi connectivity index (χ4v) is 4.83. The second kappa shape index (κ2) is 10.4. The molecule has 5 aromatic rings. The Labute approximate surface area is 214 Å². The van der Waals surface area contributed by atoms with E-state index in [2.05, 4.69) is 51.7 Å². The number of nitrogens with two attached hydrogens (primary N) is 1. The van der Waals surface area contributed by atoms with Gasteiger partial charge >= 0.3 is 0 Å². The smallest absolute Gasteiger partial charge is 0.227 e. The van der Waals surface area contributed by atoms with Gasteiger partial charge in [0.1, 0.15) is 0 Å². The van der Waals surface area contributed by atoms with Crippen molar-refractivity contribution in [2.45, 2.75) is 0 Å². The third kappa shape index (κ3) is 5.51. The number of thiophene rings is 1. The van der Waals surface area contributed by atoms with Crippen LogP contribution >= 0.6 is 27.3 Å². The molecule has 0 saturated carbocycles. The van der Waals surface area contributed by atoms with Crippen LogP contribution in [-0.2, 0) is 0 Å². The molecule has 0 bridgehead atoms. The van der Waals surface area contributed by atoms with E-state index in [-0.39, 0.29) is 5.96 Å². The molecule has 0 radical (unpaired) electrons. The fourth-order valence-electron chi connectivity index (χ4n) is 3.28. The van der Waals surface area contributed by atoms with Crippen molar-refractivity contribution >= 4 is 56.4 Å². The lowest BCUT2D eigenvalue weighted by molar-refractivity contribution is 1.03. The van der Waals surface area contributed by atoms with Crippen molar-refractivity contribution < 1.29 is 0 Å². The third-order valence-corrected chi connectivity index (χ3v) is 6.76. The van der Waals surface area contributed by atoms with Gasteiger partial charge in [-0.05, 0) is 57.7 Å². The second-order valence-corrected chi connectivity index (χ2v) is 9.07. The largest absolute Gasteiger partial charge is 0.369 e. The maximum atomic E-state index is 6.16. The summed E-state index contributed by atoms with van der Waals surface area (Å²) >= 11 is 5.17. The van der Waals surface area contributed by atoms with Gasteiger partial charge in [0.05, 0.1) is 27.6 Å². The van der Waals surface area contributed by atoms with Crippen LogP contribution in [0.15, 0.2) is 99.9 Å². The summed E-state index contributed by atoms with van der Waals surface area (Å²) in [7, 11) is 0. The highest BCUT2D eigenvalue weighted by Gasteiger charge is 2.10. The van der Waals surface area contributed by atoms with Crippen LogP contribution in [0.1, 0.15) is 0 Å².